The summed E-state index contributed by atoms with van der Waals surface area (Å²) in [7, 11) is 0. The number of carbonyl (C=O) groups excluding carboxylic acids is 1. The number of nitrogens with one attached hydrogen (secondary N) is 1. The number of guanidine groups is 1. The predicted molar refractivity (Wildman–Crippen MR) is 45.1 cm³/mol. The molecule has 70 valence electrons. The minimum atomic E-state index is -0.333. The van der Waals surface area contributed by atoms with Crippen molar-refractivity contribution < 1.29 is 9.53 Å². The fourth-order valence-electron chi connectivity index (χ4n) is 0.203. The first kappa shape index (κ1) is 16.7. The second kappa shape index (κ2) is 16.1. The van der Waals surface area contributed by atoms with E-state index in [0.29, 0.717) is 6.61 Å². The SMILES string of the molecule is C#N.CCOC(C)=O.N=C(N)N. The highest BCUT2D eigenvalue weighted by molar-refractivity contribution is 5.71. The Kier molecular flexibility index (Phi) is 22.4. The monoisotopic (exact) mass is 174 g/mol. The number of nitriles is 1. The smallest absolute Gasteiger partial charge is 0.302 e. The first-order valence-corrected chi connectivity index (χ1v) is 2.99. The average Bonchev–Trinajstić information content (AvgIpc) is 1.90. The minimum Gasteiger partial charge on any atom is -0.466 e. The molecule has 0 aliphatic carbocycles. The standard InChI is InChI=1S/C4H8O2.CH5N3.CHN/c1-3-6-4(2)5;2-1(3)4;1-2/h3H2,1-2H3;(H5,2,3,4);1H. The topological polar surface area (TPSA) is 126 Å². The minimum absolute atomic E-state index is 0.211. The third-order valence-corrected chi connectivity index (χ3v) is 0.348. The fraction of sp³-hybridized carbons (Fsp3) is 0.500. The van der Waals surface area contributed by atoms with Crippen LogP contribution in [0, 0.1) is 17.2 Å². The quantitative estimate of drug-likeness (QED) is 0.282. The van der Waals surface area contributed by atoms with Crippen LogP contribution in [0.2, 0.25) is 0 Å². The highest BCUT2D eigenvalue weighted by atomic mass is 16.5. The number of nitrogens with two attached hydrogens (primary N) is 2. The number of rotatable bonds is 1. The first-order valence-electron chi connectivity index (χ1n) is 2.99. The maximum atomic E-state index is 9.82. The molecule has 0 aromatic heterocycles. The number of hydrogen-bond acceptors (Lipinski definition) is 4. The number of esters is 1. The van der Waals surface area contributed by atoms with E-state index in [1.807, 2.05) is 0 Å². The van der Waals surface area contributed by atoms with E-state index in [9.17, 15) is 4.79 Å². The van der Waals surface area contributed by atoms with Gasteiger partial charge in [0, 0.05) is 13.5 Å². The van der Waals surface area contributed by atoms with Crippen molar-refractivity contribution in [2.24, 2.45) is 11.5 Å². The van der Waals surface area contributed by atoms with Gasteiger partial charge >= 0.3 is 5.97 Å². The number of nitrogens with zero attached hydrogens (tertiary/aromatic N) is 1. The molecule has 0 heterocycles. The van der Waals surface area contributed by atoms with Crippen molar-refractivity contribution >= 4 is 11.9 Å². The van der Waals surface area contributed by atoms with E-state index in [4.69, 9.17) is 10.7 Å². The molecule has 0 unspecified atom stereocenters. The predicted octanol–water partition coefficient (Wildman–Crippen LogP) is -0.452. The van der Waals surface area contributed by atoms with E-state index in [1.54, 1.807) is 6.92 Å². The van der Waals surface area contributed by atoms with Crippen molar-refractivity contribution in [3.8, 4) is 6.57 Å². The molecule has 0 rings (SSSR count). The van der Waals surface area contributed by atoms with E-state index in [0.717, 1.165) is 0 Å². The third kappa shape index (κ3) is 284. The van der Waals surface area contributed by atoms with Crippen LogP contribution in [0.15, 0.2) is 0 Å². The summed E-state index contributed by atoms with van der Waals surface area (Å²) in [6.45, 7) is 7.15. The summed E-state index contributed by atoms with van der Waals surface area (Å²) < 4.78 is 4.40. The molecule has 0 aromatic carbocycles. The molecule has 0 aliphatic heterocycles. The lowest BCUT2D eigenvalue weighted by Gasteiger charge is -1.89. The Labute approximate surface area is 71.6 Å². The molecule has 0 saturated heterocycles. The summed E-state index contributed by atoms with van der Waals surface area (Å²) in [5.74, 6) is -0.544. The molecule has 12 heavy (non-hydrogen) atoms. The summed E-state index contributed by atoms with van der Waals surface area (Å²) in [4.78, 5) is 9.82. The van der Waals surface area contributed by atoms with Crippen LogP contribution in [-0.2, 0) is 9.53 Å². The van der Waals surface area contributed by atoms with Gasteiger partial charge in [-0.1, -0.05) is 0 Å². The van der Waals surface area contributed by atoms with E-state index in [1.165, 1.54) is 6.92 Å². The van der Waals surface area contributed by atoms with Crippen molar-refractivity contribution in [1.29, 1.82) is 10.7 Å². The highest BCUT2D eigenvalue weighted by Crippen LogP contribution is 1.69. The van der Waals surface area contributed by atoms with Crippen LogP contribution in [0.25, 0.3) is 0 Å². The zero-order chi connectivity index (χ0) is 10.6. The Morgan fingerprint density at radius 3 is 1.83 bits per heavy atom. The van der Waals surface area contributed by atoms with Crippen LogP contribution in [0.3, 0.4) is 0 Å². The van der Waals surface area contributed by atoms with Crippen LogP contribution in [0.1, 0.15) is 13.8 Å². The summed E-state index contributed by atoms with van der Waals surface area (Å²) in [6, 6.07) is 0. The van der Waals surface area contributed by atoms with Crippen LogP contribution >= 0.6 is 0 Å². The number of hydrogen-bond donors (Lipinski definition) is 3. The molecule has 0 spiro atoms. The van der Waals surface area contributed by atoms with Gasteiger partial charge in [-0.2, -0.15) is 0 Å². The Balaban J connectivity index is -0.000000118. The van der Waals surface area contributed by atoms with Gasteiger partial charge in [-0.05, 0) is 6.92 Å². The summed E-state index contributed by atoms with van der Waals surface area (Å²) in [5.41, 5.74) is 8.94. The number of carbonyl (C=O) groups is 1. The zero-order valence-corrected chi connectivity index (χ0v) is 7.20. The Bertz CT molecular complexity index is 140. The molecule has 6 nitrogen and oxygen atoms in total. The second-order valence-electron chi connectivity index (χ2n) is 1.38. The van der Waals surface area contributed by atoms with Crippen molar-refractivity contribution in [3.63, 3.8) is 0 Å². The van der Waals surface area contributed by atoms with Gasteiger partial charge in [0.2, 0.25) is 0 Å². The molecule has 0 aliphatic rings. The molecular formula is C6H14N4O2. The van der Waals surface area contributed by atoms with Crippen molar-refractivity contribution in [3.05, 3.63) is 0 Å². The molecule has 0 aromatic rings. The van der Waals surface area contributed by atoms with Crippen LogP contribution in [-0.4, -0.2) is 18.5 Å². The van der Waals surface area contributed by atoms with Gasteiger partial charge in [0.15, 0.2) is 5.96 Å². The van der Waals surface area contributed by atoms with Gasteiger partial charge in [0.05, 0.1) is 6.61 Å². The molecule has 0 atom stereocenters. The number of ether oxygens (including phenoxy) is 1. The molecule has 0 fully saturated rings. The van der Waals surface area contributed by atoms with Crippen molar-refractivity contribution in [1.82, 2.24) is 0 Å². The van der Waals surface area contributed by atoms with Crippen LogP contribution in [0.5, 0.6) is 0 Å². The van der Waals surface area contributed by atoms with Crippen LogP contribution < -0.4 is 11.5 Å². The molecule has 0 radical (unpaired) electrons. The van der Waals surface area contributed by atoms with E-state index < -0.39 is 0 Å². The van der Waals surface area contributed by atoms with Gasteiger partial charge in [0.25, 0.3) is 0 Å². The van der Waals surface area contributed by atoms with Crippen molar-refractivity contribution in [2.75, 3.05) is 6.61 Å². The van der Waals surface area contributed by atoms with E-state index in [2.05, 4.69) is 22.8 Å². The Hall–Kier alpha value is -1.77. The second-order valence-corrected chi connectivity index (χ2v) is 1.38. The molecule has 0 amide bonds. The summed E-state index contributed by atoms with van der Waals surface area (Å²) in [6.07, 6.45) is 0. The Morgan fingerprint density at radius 2 is 1.83 bits per heavy atom. The van der Waals surface area contributed by atoms with E-state index in [-0.39, 0.29) is 11.9 Å². The largest absolute Gasteiger partial charge is 0.466 e. The first-order chi connectivity index (χ1) is 5.50. The molecule has 5 N–H and O–H groups in total. The Morgan fingerprint density at radius 1 is 1.58 bits per heavy atom. The van der Waals surface area contributed by atoms with E-state index >= 15 is 0 Å². The fourth-order valence-corrected chi connectivity index (χ4v) is 0.203. The zero-order valence-electron chi connectivity index (χ0n) is 7.20. The summed E-state index contributed by atoms with van der Waals surface area (Å²) >= 11 is 0. The van der Waals surface area contributed by atoms with Crippen LogP contribution in [0.4, 0.5) is 0 Å². The molecular weight excluding hydrogens is 160 g/mol. The third-order valence-electron chi connectivity index (χ3n) is 0.348. The highest BCUT2D eigenvalue weighted by Gasteiger charge is 1.81. The van der Waals surface area contributed by atoms with Gasteiger partial charge < -0.3 is 16.2 Å². The lowest BCUT2D eigenvalue weighted by molar-refractivity contribution is -0.140. The lowest BCUT2D eigenvalue weighted by Crippen LogP contribution is -2.20. The van der Waals surface area contributed by atoms with Crippen molar-refractivity contribution in [2.45, 2.75) is 13.8 Å². The molecule has 0 bridgehead atoms. The maximum absolute atomic E-state index is 9.82. The summed E-state index contributed by atoms with van der Waals surface area (Å²) in [5, 5.41) is 12.6. The maximum Gasteiger partial charge on any atom is 0.302 e. The van der Waals surface area contributed by atoms with Gasteiger partial charge in [-0.3, -0.25) is 10.2 Å². The van der Waals surface area contributed by atoms with Gasteiger partial charge in [-0.25, -0.2) is 5.26 Å². The molecule has 6 heteroatoms. The van der Waals surface area contributed by atoms with Gasteiger partial charge in [-0.15, -0.1) is 0 Å². The lowest BCUT2D eigenvalue weighted by atomic mass is 10.8. The average molecular weight is 174 g/mol. The normalized spacial score (nSPS) is 6.00. The molecule has 0 saturated carbocycles. The van der Waals surface area contributed by atoms with Gasteiger partial charge in [0.1, 0.15) is 0 Å².